The first-order chi connectivity index (χ1) is 8.47. The van der Waals surface area contributed by atoms with Crippen LogP contribution in [0, 0.1) is 0 Å². The van der Waals surface area contributed by atoms with Gasteiger partial charge in [0.2, 0.25) is 5.91 Å². The van der Waals surface area contributed by atoms with Crippen molar-refractivity contribution in [2.75, 3.05) is 0 Å². The molecule has 6 heteroatoms. The highest BCUT2D eigenvalue weighted by Crippen LogP contribution is 2.18. The molecular weight excluding hydrogens is 298 g/mol. The van der Waals surface area contributed by atoms with Crippen molar-refractivity contribution in [3.8, 4) is 0 Å². The SMILES string of the molecule is C=C(C)n1c(=O)n(C(=O)CC)c2cc(Br)cnc21. The van der Waals surface area contributed by atoms with E-state index in [0.29, 0.717) is 21.3 Å². The van der Waals surface area contributed by atoms with E-state index in [-0.39, 0.29) is 12.3 Å². The van der Waals surface area contributed by atoms with Gasteiger partial charge in [-0.1, -0.05) is 13.5 Å². The number of imidazole rings is 1. The van der Waals surface area contributed by atoms with Crippen LogP contribution in [0.1, 0.15) is 25.1 Å². The summed E-state index contributed by atoms with van der Waals surface area (Å²) in [5.41, 5.74) is 1.04. The second kappa shape index (κ2) is 4.53. The van der Waals surface area contributed by atoms with Crippen molar-refractivity contribution in [2.45, 2.75) is 20.3 Å². The monoisotopic (exact) mass is 309 g/mol. The molecule has 0 unspecified atom stereocenters. The number of hydrogen-bond donors (Lipinski definition) is 0. The highest BCUT2D eigenvalue weighted by atomic mass is 79.9. The Morgan fingerprint density at radius 2 is 2.17 bits per heavy atom. The average Bonchev–Trinajstić information content (AvgIpc) is 2.59. The van der Waals surface area contributed by atoms with E-state index in [1.807, 2.05) is 0 Å². The van der Waals surface area contributed by atoms with E-state index in [0.717, 1.165) is 4.57 Å². The molecule has 5 nitrogen and oxygen atoms in total. The quantitative estimate of drug-likeness (QED) is 0.856. The van der Waals surface area contributed by atoms with Gasteiger partial charge in [0.25, 0.3) is 0 Å². The molecule has 2 aromatic rings. The number of hydrogen-bond acceptors (Lipinski definition) is 3. The predicted molar refractivity (Wildman–Crippen MR) is 73.6 cm³/mol. The Morgan fingerprint density at radius 3 is 2.72 bits per heavy atom. The fourth-order valence-electron chi connectivity index (χ4n) is 1.80. The first-order valence-corrected chi connectivity index (χ1v) is 6.24. The number of carbonyl (C=O) groups is 1. The van der Waals surface area contributed by atoms with Gasteiger partial charge in [0.05, 0.1) is 5.52 Å². The minimum Gasteiger partial charge on any atom is -0.274 e. The molecule has 18 heavy (non-hydrogen) atoms. The van der Waals surface area contributed by atoms with Gasteiger partial charge in [0, 0.05) is 22.8 Å². The molecule has 0 aliphatic carbocycles. The van der Waals surface area contributed by atoms with Crippen LogP contribution in [-0.4, -0.2) is 20.0 Å². The first kappa shape index (κ1) is 12.8. The summed E-state index contributed by atoms with van der Waals surface area (Å²) >= 11 is 3.29. The molecule has 2 aromatic heterocycles. The lowest BCUT2D eigenvalue weighted by Gasteiger charge is -1.98. The number of nitrogens with zero attached hydrogens (tertiary/aromatic N) is 3. The number of allylic oxidation sites excluding steroid dienone is 1. The summed E-state index contributed by atoms with van der Waals surface area (Å²) in [5.74, 6) is -0.259. The van der Waals surface area contributed by atoms with Crippen LogP contribution < -0.4 is 5.69 Å². The number of rotatable bonds is 2. The van der Waals surface area contributed by atoms with Gasteiger partial charge in [-0.3, -0.25) is 4.79 Å². The highest BCUT2D eigenvalue weighted by molar-refractivity contribution is 9.10. The molecule has 0 bridgehead atoms. The van der Waals surface area contributed by atoms with Crippen LogP contribution in [0.5, 0.6) is 0 Å². The van der Waals surface area contributed by atoms with E-state index < -0.39 is 5.69 Å². The van der Waals surface area contributed by atoms with Gasteiger partial charge in [-0.05, 0) is 28.9 Å². The second-order valence-corrected chi connectivity index (χ2v) is 4.85. The fraction of sp³-hybridized carbons (Fsp3) is 0.250. The third-order valence-electron chi connectivity index (χ3n) is 2.58. The van der Waals surface area contributed by atoms with Gasteiger partial charge in [-0.2, -0.15) is 0 Å². The van der Waals surface area contributed by atoms with Crippen LogP contribution in [0.2, 0.25) is 0 Å². The summed E-state index contributed by atoms with van der Waals surface area (Å²) in [6.07, 6.45) is 1.84. The maximum absolute atomic E-state index is 12.2. The topological polar surface area (TPSA) is 56.9 Å². The number of fused-ring (bicyclic) bond motifs is 1. The molecule has 0 saturated heterocycles. The predicted octanol–water partition coefficient (Wildman–Crippen LogP) is 2.50. The minimum absolute atomic E-state index is 0.252. The zero-order valence-electron chi connectivity index (χ0n) is 10.1. The normalized spacial score (nSPS) is 10.8. The summed E-state index contributed by atoms with van der Waals surface area (Å²) in [5, 5.41) is 0. The Bertz CT molecular complexity index is 712. The number of halogens is 1. The summed E-state index contributed by atoms with van der Waals surface area (Å²) in [4.78, 5) is 28.3. The van der Waals surface area contributed by atoms with Crippen molar-refractivity contribution in [3.05, 3.63) is 33.8 Å². The maximum atomic E-state index is 12.2. The van der Waals surface area contributed by atoms with Crippen LogP contribution in [0.4, 0.5) is 0 Å². The summed E-state index contributed by atoms with van der Waals surface area (Å²) < 4.78 is 3.20. The highest BCUT2D eigenvalue weighted by Gasteiger charge is 2.18. The Hall–Kier alpha value is -1.69. The van der Waals surface area contributed by atoms with Crippen molar-refractivity contribution >= 4 is 38.7 Å². The molecule has 0 fully saturated rings. The zero-order chi connectivity index (χ0) is 13.4. The lowest BCUT2D eigenvalue weighted by Crippen LogP contribution is -2.27. The van der Waals surface area contributed by atoms with Crippen molar-refractivity contribution in [1.29, 1.82) is 0 Å². The summed E-state index contributed by atoms with van der Waals surface area (Å²) in [6.45, 7) is 7.16. The molecular formula is C12H12BrN3O2. The number of aromatic nitrogens is 3. The number of pyridine rings is 1. The van der Waals surface area contributed by atoms with E-state index >= 15 is 0 Å². The fourth-order valence-corrected chi connectivity index (χ4v) is 2.11. The van der Waals surface area contributed by atoms with Gasteiger partial charge in [0.1, 0.15) is 0 Å². The second-order valence-electron chi connectivity index (χ2n) is 3.93. The summed E-state index contributed by atoms with van der Waals surface area (Å²) in [7, 11) is 0. The minimum atomic E-state index is -0.421. The Kier molecular flexibility index (Phi) is 3.21. The van der Waals surface area contributed by atoms with E-state index in [4.69, 9.17) is 0 Å². The largest absolute Gasteiger partial charge is 0.341 e. The molecule has 0 radical (unpaired) electrons. The van der Waals surface area contributed by atoms with E-state index in [1.165, 1.54) is 4.57 Å². The van der Waals surface area contributed by atoms with Gasteiger partial charge < -0.3 is 0 Å². The van der Waals surface area contributed by atoms with Crippen LogP contribution in [0.15, 0.2) is 28.1 Å². The molecule has 0 aliphatic heterocycles. The van der Waals surface area contributed by atoms with Gasteiger partial charge in [-0.15, -0.1) is 0 Å². The molecule has 2 heterocycles. The van der Waals surface area contributed by atoms with Gasteiger partial charge in [0.15, 0.2) is 5.65 Å². The third-order valence-corrected chi connectivity index (χ3v) is 3.02. The molecule has 0 aromatic carbocycles. The Labute approximate surface area is 112 Å². The first-order valence-electron chi connectivity index (χ1n) is 5.45. The number of carbonyl (C=O) groups excluding carboxylic acids is 1. The Balaban J connectivity index is 2.97. The smallest absolute Gasteiger partial charge is 0.274 e. The summed E-state index contributed by atoms with van der Waals surface area (Å²) in [6, 6.07) is 1.71. The van der Waals surface area contributed by atoms with Gasteiger partial charge in [-0.25, -0.2) is 18.9 Å². The molecule has 0 saturated carbocycles. The maximum Gasteiger partial charge on any atom is 0.341 e. The zero-order valence-corrected chi connectivity index (χ0v) is 11.7. The van der Waals surface area contributed by atoms with Crippen LogP contribution in [0.3, 0.4) is 0 Å². The van der Waals surface area contributed by atoms with E-state index in [9.17, 15) is 9.59 Å². The van der Waals surface area contributed by atoms with E-state index in [1.54, 1.807) is 26.1 Å². The molecule has 94 valence electrons. The molecule has 0 amide bonds. The molecule has 0 aliphatic rings. The molecule has 0 atom stereocenters. The molecule has 2 rings (SSSR count). The van der Waals surface area contributed by atoms with Crippen LogP contribution in [-0.2, 0) is 0 Å². The van der Waals surface area contributed by atoms with Crippen molar-refractivity contribution in [3.63, 3.8) is 0 Å². The van der Waals surface area contributed by atoms with Crippen LogP contribution in [0.25, 0.3) is 16.9 Å². The van der Waals surface area contributed by atoms with Crippen molar-refractivity contribution < 1.29 is 4.79 Å². The van der Waals surface area contributed by atoms with Crippen LogP contribution >= 0.6 is 15.9 Å². The molecule has 0 N–H and O–H groups in total. The average molecular weight is 310 g/mol. The lowest BCUT2D eigenvalue weighted by molar-refractivity contribution is 0.0909. The van der Waals surface area contributed by atoms with Gasteiger partial charge >= 0.3 is 5.69 Å². The Morgan fingerprint density at radius 1 is 1.50 bits per heavy atom. The standard InChI is InChI=1S/C12H12BrN3O2/c1-4-10(17)16-9-5-8(13)6-14-11(9)15(7(2)3)12(16)18/h5-6H,2,4H2,1,3H3. The molecule has 0 spiro atoms. The third kappa shape index (κ3) is 1.82. The van der Waals surface area contributed by atoms with E-state index in [2.05, 4.69) is 27.5 Å². The van der Waals surface area contributed by atoms with Crippen molar-refractivity contribution in [1.82, 2.24) is 14.1 Å². The van der Waals surface area contributed by atoms with Crippen molar-refractivity contribution in [2.24, 2.45) is 0 Å². The lowest BCUT2D eigenvalue weighted by atomic mass is 10.4.